The SMILES string of the molecule is [2H]C1([2H])C(=O)N2[C@H](Cc3c([nH]c4ccccc34)[C@@]2([2H])c2ccc3c(c2)OCO3)C(=O)N1C. The minimum Gasteiger partial charge on any atom is -0.454 e. The topological polar surface area (TPSA) is 74.9 Å². The van der Waals surface area contributed by atoms with Crippen LogP contribution >= 0.6 is 0 Å². The summed E-state index contributed by atoms with van der Waals surface area (Å²) in [4.78, 5) is 31.9. The summed E-state index contributed by atoms with van der Waals surface area (Å²) in [5, 5.41) is 0.871. The number of aromatic amines is 1. The molecule has 2 aromatic carbocycles. The number of amides is 2. The first kappa shape index (κ1) is 13.7. The molecule has 7 nitrogen and oxygen atoms in total. The largest absolute Gasteiger partial charge is 0.454 e. The number of H-pyrrole nitrogens is 1. The summed E-state index contributed by atoms with van der Waals surface area (Å²) in [6, 6.07) is 9.60. The molecular formula is C22H19N3O4. The molecule has 1 aromatic heterocycles. The molecule has 0 saturated carbocycles. The van der Waals surface area contributed by atoms with Crippen LogP contribution in [0.25, 0.3) is 10.9 Å². The number of fused-ring (bicyclic) bond motifs is 5. The third-order valence-corrected chi connectivity index (χ3v) is 5.74. The van der Waals surface area contributed by atoms with Crippen molar-refractivity contribution in [3.05, 3.63) is 59.3 Å². The van der Waals surface area contributed by atoms with Gasteiger partial charge in [-0.2, -0.15) is 0 Å². The van der Waals surface area contributed by atoms with Crippen LogP contribution in [0.4, 0.5) is 0 Å². The van der Waals surface area contributed by atoms with Gasteiger partial charge in [0.1, 0.15) is 6.04 Å². The maximum Gasteiger partial charge on any atom is 0.245 e. The maximum atomic E-state index is 13.5. The Morgan fingerprint density at radius 2 is 2.00 bits per heavy atom. The van der Waals surface area contributed by atoms with Crippen LogP contribution in [0.1, 0.15) is 27.0 Å². The summed E-state index contributed by atoms with van der Waals surface area (Å²) in [5.74, 6) is -0.507. The van der Waals surface area contributed by atoms with Crippen LogP contribution in [-0.2, 0) is 16.0 Å². The number of rotatable bonds is 1. The number of hydrogen-bond donors (Lipinski definition) is 1. The number of nitrogens with zero attached hydrogens (tertiary/aromatic N) is 2. The predicted octanol–water partition coefficient (Wildman–Crippen LogP) is 2.21. The Morgan fingerprint density at radius 1 is 1.17 bits per heavy atom. The number of carbonyl (C=O) groups is 2. The molecule has 3 aromatic rings. The van der Waals surface area contributed by atoms with E-state index in [0.29, 0.717) is 22.8 Å². The first-order valence-corrected chi connectivity index (χ1v) is 9.36. The molecule has 1 saturated heterocycles. The van der Waals surface area contributed by atoms with Gasteiger partial charge in [0.15, 0.2) is 11.5 Å². The number of hydrogen-bond acceptors (Lipinski definition) is 4. The van der Waals surface area contributed by atoms with Gasteiger partial charge in [-0.15, -0.1) is 0 Å². The van der Waals surface area contributed by atoms with E-state index in [-0.39, 0.29) is 13.2 Å². The van der Waals surface area contributed by atoms with Crippen molar-refractivity contribution >= 4 is 22.7 Å². The molecule has 146 valence electrons. The van der Waals surface area contributed by atoms with Crippen LogP contribution < -0.4 is 9.47 Å². The van der Waals surface area contributed by atoms with Gasteiger partial charge in [-0.1, -0.05) is 24.3 Å². The molecule has 2 atom stereocenters. The van der Waals surface area contributed by atoms with Crippen LogP contribution in [0, 0.1) is 0 Å². The number of benzene rings is 2. The summed E-state index contributed by atoms with van der Waals surface area (Å²) in [7, 11) is 1.29. The highest BCUT2D eigenvalue weighted by Crippen LogP contribution is 2.44. The van der Waals surface area contributed by atoms with Crippen molar-refractivity contribution in [2.45, 2.75) is 18.5 Å². The van der Waals surface area contributed by atoms with E-state index in [0.717, 1.165) is 26.3 Å². The number of ether oxygens (including phenoxy) is 2. The summed E-state index contributed by atoms with van der Waals surface area (Å²) >= 11 is 0. The number of para-hydroxylation sites is 1. The van der Waals surface area contributed by atoms with Crippen molar-refractivity contribution in [2.24, 2.45) is 0 Å². The molecular weight excluding hydrogens is 370 g/mol. The van der Waals surface area contributed by atoms with Gasteiger partial charge in [0.2, 0.25) is 18.6 Å². The second kappa shape index (κ2) is 5.76. The fourth-order valence-corrected chi connectivity index (χ4v) is 4.42. The zero-order valence-electron chi connectivity index (χ0n) is 18.6. The standard InChI is InChI=1S/C22H19N3O4/c1-24-10-19(26)25-16(22(24)27)9-14-13-4-2-3-5-15(13)23-20(14)21(25)12-6-7-17-18(8-12)29-11-28-17/h2-8,16,21,23H,9-11H2,1H3/t16-,21-/m1/s1/i10D2,21D. The quantitative estimate of drug-likeness (QED) is 0.689. The van der Waals surface area contributed by atoms with E-state index < -0.39 is 30.4 Å². The molecule has 2 amide bonds. The van der Waals surface area contributed by atoms with E-state index in [2.05, 4.69) is 4.98 Å². The molecule has 3 aliphatic rings. The fourth-order valence-electron chi connectivity index (χ4n) is 4.42. The van der Waals surface area contributed by atoms with Gasteiger partial charge >= 0.3 is 0 Å². The minimum atomic E-state index is -2.57. The zero-order valence-corrected chi connectivity index (χ0v) is 15.6. The minimum absolute atomic E-state index is 0.0541. The third-order valence-electron chi connectivity index (χ3n) is 5.74. The average Bonchev–Trinajstić information content (AvgIpc) is 3.41. The highest BCUT2D eigenvalue weighted by Gasteiger charge is 2.47. The lowest BCUT2D eigenvalue weighted by molar-refractivity contribution is -0.157. The number of nitrogens with one attached hydrogen (secondary N) is 1. The molecule has 0 radical (unpaired) electrons. The van der Waals surface area contributed by atoms with E-state index in [9.17, 15) is 11.0 Å². The van der Waals surface area contributed by atoms with Gasteiger partial charge in [-0.3, -0.25) is 9.59 Å². The Hall–Kier alpha value is -3.48. The number of aromatic nitrogens is 1. The van der Waals surface area contributed by atoms with Gasteiger partial charge in [0.25, 0.3) is 0 Å². The number of carbonyl (C=O) groups excluding carboxylic acids is 2. The van der Waals surface area contributed by atoms with Gasteiger partial charge in [0.05, 0.1) is 16.6 Å². The van der Waals surface area contributed by atoms with Crippen molar-refractivity contribution < 1.29 is 23.2 Å². The van der Waals surface area contributed by atoms with Crippen molar-refractivity contribution in [3.63, 3.8) is 0 Å². The Bertz CT molecular complexity index is 1320. The first-order valence-electron chi connectivity index (χ1n) is 10.9. The smallest absolute Gasteiger partial charge is 0.245 e. The molecule has 1 N–H and O–H groups in total. The first-order chi connectivity index (χ1) is 15.2. The molecule has 7 heteroatoms. The Labute approximate surface area is 171 Å². The average molecular weight is 392 g/mol. The number of piperazine rings is 1. The van der Waals surface area contributed by atoms with Crippen molar-refractivity contribution in [1.82, 2.24) is 14.8 Å². The summed E-state index contributed by atoms with van der Waals surface area (Å²) in [6.45, 7) is -2.52. The van der Waals surface area contributed by atoms with Crippen molar-refractivity contribution in [2.75, 3.05) is 20.3 Å². The Morgan fingerprint density at radius 3 is 2.90 bits per heavy atom. The van der Waals surface area contributed by atoms with E-state index in [1.54, 1.807) is 18.2 Å². The maximum absolute atomic E-state index is 13.5. The molecule has 29 heavy (non-hydrogen) atoms. The monoisotopic (exact) mass is 392 g/mol. The third kappa shape index (κ3) is 2.24. The lowest BCUT2D eigenvalue weighted by atomic mass is 9.86. The molecule has 1 fully saturated rings. The van der Waals surface area contributed by atoms with Crippen LogP contribution in [0.5, 0.6) is 11.5 Å². The van der Waals surface area contributed by atoms with Crippen LogP contribution in [0.3, 0.4) is 0 Å². The van der Waals surface area contributed by atoms with Gasteiger partial charge in [-0.05, 0) is 29.3 Å². The molecule has 0 spiro atoms. The molecule has 6 rings (SSSR count). The molecule has 3 aliphatic heterocycles. The van der Waals surface area contributed by atoms with Gasteiger partial charge in [0, 0.05) is 30.1 Å². The predicted molar refractivity (Wildman–Crippen MR) is 105 cm³/mol. The second-order valence-corrected chi connectivity index (χ2v) is 7.34. The summed E-state index contributed by atoms with van der Waals surface area (Å²) in [6.07, 6.45) is 0.190. The summed E-state index contributed by atoms with van der Waals surface area (Å²) in [5.41, 5.74) is 2.37. The lowest BCUT2D eigenvalue weighted by Gasteiger charge is -2.46. The molecule has 4 heterocycles. The normalized spacial score (nSPS) is 28.6. The van der Waals surface area contributed by atoms with Gasteiger partial charge < -0.3 is 24.3 Å². The van der Waals surface area contributed by atoms with Crippen molar-refractivity contribution in [3.8, 4) is 11.5 Å². The fraction of sp³-hybridized carbons (Fsp3) is 0.273. The van der Waals surface area contributed by atoms with E-state index in [4.69, 9.17) is 12.2 Å². The zero-order chi connectivity index (χ0) is 22.4. The summed E-state index contributed by atoms with van der Waals surface area (Å²) < 4.78 is 37.1. The Kier molecular flexibility index (Phi) is 2.71. The van der Waals surface area contributed by atoms with Crippen LogP contribution in [-0.4, -0.2) is 53.0 Å². The van der Waals surface area contributed by atoms with Crippen LogP contribution in [0.15, 0.2) is 42.5 Å². The molecule has 0 aliphatic carbocycles. The van der Waals surface area contributed by atoms with Crippen molar-refractivity contribution in [1.29, 1.82) is 0 Å². The number of likely N-dealkylation sites (N-methyl/N-ethyl adjacent to an activating group) is 1. The van der Waals surface area contributed by atoms with E-state index in [1.807, 2.05) is 24.3 Å². The molecule has 0 unspecified atom stereocenters. The highest BCUT2D eigenvalue weighted by molar-refractivity contribution is 5.97. The molecule has 0 bridgehead atoms. The van der Waals surface area contributed by atoms with Crippen LogP contribution in [0.2, 0.25) is 0 Å². The van der Waals surface area contributed by atoms with Gasteiger partial charge in [-0.25, -0.2) is 0 Å². The Balaban J connectivity index is 1.66. The van der Waals surface area contributed by atoms with E-state index in [1.165, 1.54) is 7.05 Å². The second-order valence-electron chi connectivity index (χ2n) is 7.34. The van der Waals surface area contributed by atoms with E-state index >= 15 is 0 Å². The lowest BCUT2D eigenvalue weighted by Crippen LogP contribution is -2.62. The highest BCUT2D eigenvalue weighted by atomic mass is 16.7.